The number of phenols is 1. The summed E-state index contributed by atoms with van der Waals surface area (Å²) in [4.78, 5) is 24.0. The van der Waals surface area contributed by atoms with Crippen molar-refractivity contribution in [2.45, 2.75) is 0 Å². The number of carbonyl (C=O) groups is 2. The van der Waals surface area contributed by atoms with Crippen molar-refractivity contribution in [1.82, 2.24) is 5.43 Å². The Balaban J connectivity index is 1.65. The largest absolute Gasteiger partial charge is 0.504 e. The smallest absolute Gasteiger partial charge is 0.329 e. The summed E-state index contributed by atoms with van der Waals surface area (Å²) in [7, 11) is 1.43. The van der Waals surface area contributed by atoms with Gasteiger partial charge in [0.2, 0.25) is 0 Å². The van der Waals surface area contributed by atoms with E-state index < -0.39 is 11.8 Å². The van der Waals surface area contributed by atoms with E-state index >= 15 is 0 Å². The molecule has 3 aromatic rings. The Morgan fingerprint density at radius 2 is 1.81 bits per heavy atom. The first kappa shape index (κ1) is 17.9. The van der Waals surface area contributed by atoms with Gasteiger partial charge in [0.15, 0.2) is 11.5 Å². The fraction of sp³-hybridized carbons (Fsp3) is 0.0500. The molecule has 0 atom stereocenters. The van der Waals surface area contributed by atoms with Crippen LogP contribution in [0.3, 0.4) is 0 Å². The molecular weight excluding hydrogens is 346 g/mol. The minimum absolute atomic E-state index is 0.00634. The lowest BCUT2D eigenvalue weighted by atomic mass is 10.1. The van der Waals surface area contributed by atoms with Crippen molar-refractivity contribution in [3.8, 4) is 11.5 Å². The van der Waals surface area contributed by atoms with Gasteiger partial charge in [0.25, 0.3) is 0 Å². The van der Waals surface area contributed by atoms with Gasteiger partial charge in [-0.05, 0) is 35.2 Å². The average Bonchev–Trinajstić information content (AvgIpc) is 2.69. The second-order valence-corrected chi connectivity index (χ2v) is 5.61. The number of benzene rings is 3. The summed E-state index contributed by atoms with van der Waals surface area (Å²) >= 11 is 0. The average molecular weight is 363 g/mol. The van der Waals surface area contributed by atoms with Gasteiger partial charge in [0.05, 0.1) is 13.3 Å². The number of amides is 2. The first-order valence-corrected chi connectivity index (χ1v) is 8.07. The monoisotopic (exact) mass is 363 g/mol. The standard InChI is InChI=1S/C20H17N3O4/c1-27-18-11-13(9-10-17(18)24)12-21-23-20(26)19(25)22-16-8-4-6-14-5-2-3-7-15(14)16/h2-12,24H,1H3,(H,22,25)(H,23,26). The molecule has 27 heavy (non-hydrogen) atoms. The van der Waals surface area contributed by atoms with Crippen LogP contribution in [0.5, 0.6) is 11.5 Å². The molecule has 0 unspecified atom stereocenters. The number of ether oxygens (including phenoxy) is 1. The molecule has 136 valence electrons. The maximum atomic E-state index is 12.1. The van der Waals surface area contributed by atoms with E-state index in [1.807, 2.05) is 30.3 Å². The summed E-state index contributed by atoms with van der Waals surface area (Å²) in [6.45, 7) is 0. The van der Waals surface area contributed by atoms with Crippen molar-refractivity contribution in [1.29, 1.82) is 0 Å². The molecule has 0 saturated carbocycles. The van der Waals surface area contributed by atoms with E-state index in [0.29, 0.717) is 11.3 Å². The van der Waals surface area contributed by atoms with Gasteiger partial charge in [-0.15, -0.1) is 0 Å². The van der Waals surface area contributed by atoms with E-state index in [9.17, 15) is 14.7 Å². The van der Waals surface area contributed by atoms with E-state index in [0.717, 1.165) is 10.8 Å². The molecule has 0 heterocycles. The summed E-state index contributed by atoms with van der Waals surface area (Å²) < 4.78 is 4.99. The molecule has 3 aromatic carbocycles. The quantitative estimate of drug-likeness (QED) is 0.377. The van der Waals surface area contributed by atoms with Crippen LogP contribution in [0.4, 0.5) is 5.69 Å². The number of hydrogen-bond donors (Lipinski definition) is 3. The maximum Gasteiger partial charge on any atom is 0.329 e. The van der Waals surface area contributed by atoms with E-state index in [-0.39, 0.29) is 11.5 Å². The molecule has 0 aromatic heterocycles. The van der Waals surface area contributed by atoms with Crippen molar-refractivity contribution in [3.63, 3.8) is 0 Å². The highest BCUT2D eigenvalue weighted by molar-refractivity contribution is 6.40. The minimum Gasteiger partial charge on any atom is -0.504 e. The van der Waals surface area contributed by atoms with Gasteiger partial charge in [-0.25, -0.2) is 5.43 Å². The first-order chi connectivity index (χ1) is 13.1. The zero-order chi connectivity index (χ0) is 19.2. The zero-order valence-corrected chi connectivity index (χ0v) is 14.5. The molecule has 2 amide bonds. The third-order valence-electron chi connectivity index (χ3n) is 3.83. The lowest BCUT2D eigenvalue weighted by molar-refractivity contribution is -0.136. The maximum absolute atomic E-state index is 12.1. The van der Waals surface area contributed by atoms with Crippen LogP contribution in [0.25, 0.3) is 10.8 Å². The van der Waals surface area contributed by atoms with Crippen LogP contribution in [-0.4, -0.2) is 30.2 Å². The number of nitrogens with zero attached hydrogens (tertiary/aromatic N) is 1. The van der Waals surface area contributed by atoms with E-state index in [1.54, 1.807) is 24.3 Å². The van der Waals surface area contributed by atoms with E-state index in [4.69, 9.17) is 4.74 Å². The lowest BCUT2D eigenvalue weighted by Gasteiger charge is -2.07. The van der Waals surface area contributed by atoms with Crippen molar-refractivity contribution < 1.29 is 19.4 Å². The topological polar surface area (TPSA) is 100 Å². The molecule has 3 N–H and O–H groups in total. The number of aromatic hydroxyl groups is 1. The van der Waals surface area contributed by atoms with Gasteiger partial charge in [0, 0.05) is 11.1 Å². The Morgan fingerprint density at radius 3 is 2.63 bits per heavy atom. The molecule has 0 saturated heterocycles. The van der Waals surface area contributed by atoms with Crippen molar-refractivity contribution in [2.24, 2.45) is 5.10 Å². The summed E-state index contributed by atoms with van der Waals surface area (Å²) in [5.74, 6) is -1.45. The first-order valence-electron chi connectivity index (χ1n) is 8.07. The second-order valence-electron chi connectivity index (χ2n) is 5.61. The van der Waals surface area contributed by atoms with Crippen LogP contribution >= 0.6 is 0 Å². The van der Waals surface area contributed by atoms with Gasteiger partial charge in [-0.3, -0.25) is 9.59 Å². The molecule has 0 spiro atoms. The van der Waals surface area contributed by atoms with Gasteiger partial charge in [-0.1, -0.05) is 36.4 Å². The molecular formula is C20H17N3O4. The number of nitrogens with one attached hydrogen (secondary N) is 2. The second kappa shape index (κ2) is 8.01. The molecule has 0 aliphatic heterocycles. The predicted octanol–water partition coefficient (Wildman–Crippen LogP) is 2.64. The molecule has 0 aliphatic rings. The van der Waals surface area contributed by atoms with Gasteiger partial charge in [0.1, 0.15) is 0 Å². The number of phenolic OH excluding ortho intramolecular Hbond substituents is 1. The van der Waals surface area contributed by atoms with E-state index in [1.165, 1.54) is 19.4 Å². The Hall–Kier alpha value is -3.87. The molecule has 7 heteroatoms. The summed E-state index contributed by atoms with van der Waals surface area (Å²) in [6.07, 6.45) is 1.34. The third kappa shape index (κ3) is 4.21. The fourth-order valence-corrected chi connectivity index (χ4v) is 2.50. The summed E-state index contributed by atoms with van der Waals surface area (Å²) in [5.41, 5.74) is 3.29. The van der Waals surface area contributed by atoms with Crippen molar-refractivity contribution >= 4 is 34.5 Å². The Labute approximate surface area is 155 Å². The number of methoxy groups -OCH3 is 1. The minimum atomic E-state index is -0.898. The predicted molar refractivity (Wildman–Crippen MR) is 103 cm³/mol. The van der Waals surface area contributed by atoms with Crippen LogP contribution in [-0.2, 0) is 9.59 Å². The van der Waals surface area contributed by atoms with Crippen LogP contribution in [0, 0.1) is 0 Å². The Bertz CT molecular complexity index is 1030. The molecule has 0 bridgehead atoms. The van der Waals surface area contributed by atoms with Gasteiger partial charge < -0.3 is 15.2 Å². The summed E-state index contributed by atoms with van der Waals surface area (Å²) in [5, 5.41) is 17.7. The SMILES string of the molecule is COc1cc(C=NNC(=O)C(=O)Nc2cccc3ccccc23)ccc1O. The van der Waals surface area contributed by atoms with Crippen LogP contribution in [0.2, 0.25) is 0 Å². The number of rotatable bonds is 4. The number of hydrazone groups is 1. The highest BCUT2D eigenvalue weighted by Gasteiger charge is 2.14. The molecule has 0 radical (unpaired) electrons. The lowest BCUT2D eigenvalue weighted by Crippen LogP contribution is -2.32. The fourth-order valence-electron chi connectivity index (χ4n) is 2.50. The number of carbonyl (C=O) groups excluding carboxylic acids is 2. The van der Waals surface area contributed by atoms with E-state index in [2.05, 4.69) is 15.8 Å². The number of hydrogen-bond acceptors (Lipinski definition) is 5. The number of anilines is 1. The molecule has 0 fully saturated rings. The van der Waals surface area contributed by atoms with Crippen LogP contribution < -0.4 is 15.5 Å². The van der Waals surface area contributed by atoms with Gasteiger partial charge in [-0.2, -0.15) is 5.10 Å². The highest BCUT2D eigenvalue weighted by atomic mass is 16.5. The van der Waals surface area contributed by atoms with Gasteiger partial charge >= 0.3 is 11.8 Å². The molecule has 0 aliphatic carbocycles. The van der Waals surface area contributed by atoms with Crippen molar-refractivity contribution in [3.05, 3.63) is 66.2 Å². The number of fused-ring (bicyclic) bond motifs is 1. The van der Waals surface area contributed by atoms with Crippen molar-refractivity contribution in [2.75, 3.05) is 12.4 Å². The summed E-state index contributed by atoms with van der Waals surface area (Å²) in [6, 6.07) is 17.5. The van der Waals surface area contributed by atoms with Crippen LogP contribution in [0.15, 0.2) is 65.8 Å². The van der Waals surface area contributed by atoms with Crippen LogP contribution in [0.1, 0.15) is 5.56 Å². The zero-order valence-electron chi connectivity index (χ0n) is 14.5. The Morgan fingerprint density at radius 1 is 1.04 bits per heavy atom. The Kier molecular flexibility index (Phi) is 5.32. The normalized spacial score (nSPS) is 10.7. The third-order valence-corrected chi connectivity index (χ3v) is 3.83. The highest BCUT2D eigenvalue weighted by Crippen LogP contribution is 2.25. The molecule has 7 nitrogen and oxygen atoms in total. The molecule has 3 rings (SSSR count).